The molecule has 1 atom stereocenters. The lowest BCUT2D eigenvalue weighted by Crippen LogP contribution is -2.38. The van der Waals surface area contributed by atoms with Gasteiger partial charge in [0.15, 0.2) is 11.5 Å². The van der Waals surface area contributed by atoms with E-state index >= 15 is 0 Å². The minimum Gasteiger partial charge on any atom is -0.441 e. The van der Waals surface area contributed by atoms with Crippen LogP contribution in [0.4, 0.5) is 5.69 Å². The molecule has 8 nitrogen and oxygen atoms in total. The van der Waals surface area contributed by atoms with Gasteiger partial charge in [-0.3, -0.25) is 14.3 Å². The van der Waals surface area contributed by atoms with Gasteiger partial charge in [-0.25, -0.2) is 4.98 Å². The summed E-state index contributed by atoms with van der Waals surface area (Å²) in [7, 11) is 1.59. The number of hydrogen-bond acceptors (Lipinski definition) is 5. The number of oxazole rings is 1. The van der Waals surface area contributed by atoms with E-state index < -0.39 is 6.04 Å². The van der Waals surface area contributed by atoms with Gasteiger partial charge < -0.3 is 14.6 Å². The second kappa shape index (κ2) is 6.76. The molecule has 0 aliphatic rings. The van der Waals surface area contributed by atoms with Gasteiger partial charge in [-0.15, -0.1) is 0 Å². The summed E-state index contributed by atoms with van der Waals surface area (Å²) in [6, 6.07) is 6.51. The number of carbonyl (C=O) groups excluding carboxylic acids is 2. The number of carbonyl (C=O) groups is 2. The van der Waals surface area contributed by atoms with Gasteiger partial charge in [0.1, 0.15) is 11.6 Å². The Morgan fingerprint density at radius 2 is 2.20 bits per heavy atom. The van der Waals surface area contributed by atoms with E-state index in [1.54, 1.807) is 62.2 Å². The van der Waals surface area contributed by atoms with E-state index in [1.807, 2.05) is 0 Å². The summed E-state index contributed by atoms with van der Waals surface area (Å²) in [4.78, 5) is 30.2. The molecule has 3 aromatic rings. The van der Waals surface area contributed by atoms with Crippen molar-refractivity contribution in [3.63, 3.8) is 0 Å². The molecule has 130 valence electrons. The zero-order valence-electron chi connectivity index (χ0n) is 14.3. The Bertz CT molecular complexity index is 900. The number of anilines is 1. The standard InChI is InChI=1S/C17H19N5O3/c1-11(22-8-4-7-18-22)17(24)21(3)10-16(23)20-13-5-6-14-15(9-13)25-12(2)19-14/h4-9,11H,10H2,1-3H3,(H,20,23). The second-order valence-corrected chi connectivity index (χ2v) is 5.82. The molecule has 25 heavy (non-hydrogen) atoms. The quantitative estimate of drug-likeness (QED) is 0.766. The average Bonchev–Trinajstić information content (AvgIpc) is 3.21. The zero-order valence-corrected chi connectivity index (χ0v) is 14.3. The van der Waals surface area contributed by atoms with Crippen LogP contribution in [0.3, 0.4) is 0 Å². The largest absolute Gasteiger partial charge is 0.441 e. The van der Waals surface area contributed by atoms with E-state index in [1.165, 1.54) is 4.90 Å². The summed E-state index contributed by atoms with van der Waals surface area (Å²) in [5.74, 6) is 0.0793. The monoisotopic (exact) mass is 341 g/mol. The third-order valence-corrected chi connectivity index (χ3v) is 3.82. The molecule has 0 saturated carbocycles. The Kier molecular flexibility index (Phi) is 4.51. The van der Waals surface area contributed by atoms with E-state index in [9.17, 15) is 9.59 Å². The molecular weight excluding hydrogens is 322 g/mol. The SMILES string of the molecule is Cc1nc2ccc(NC(=O)CN(C)C(=O)C(C)n3cccn3)cc2o1. The number of amides is 2. The molecule has 1 unspecified atom stereocenters. The molecule has 0 aliphatic carbocycles. The number of benzene rings is 1. The number of nitrogens with zero attached hydrogens (tertiary/aromatic N) is 4. The summed E-state index contributed by atoms with van der Waals surface area (Å²) in [6.07, 6.45) is 3.32. The highest BCUT2D eigenvalue weighted by Gasteiger charge is 2.21. The molecule has 0 fully saturated rings. The lowest BCUT2D eigenvalue weighted by Gasteiger charge is -2.21. The van der Waals surface area contributed by atoms with Crippen LogP contribution < -0.4 is 5.32 Å². The molecule has 0 aliphatic heterocycles. The Labute approximate surface area is 144 Å². The minimum atomic E-state index is -0.471. The van der Waals surface area contributed by atoms with Gasteiger partial charge in [0.2, 0.25) is 11.8 Å². The summed E-state index contributed by atoms with van der Waals surface area (Å²) in [6.45, 7) is 3.45. The smallest absolute Gasteiger partial charge is 0.247 e. The topological polar surface area (TPSA) is 93.3 Å². The van der Waals surface area contributed by atoms with E-state index in [0.717, 1.165) is 5.52 Å². The van der Waals surface area contributed by atoms with E-state index in [-0.39, 0.29) is 18.4 Å². The fourth-order valence-electron chi connectivity index (χ4n) is 2.55. The maximum absolute atomic E-state index is 12.4. The van der Waals surface area contributed by atoms with Crippen LogP contribution in [0.25, 0.3) is 11.1 Å². The Morgan fingerprint density at radius 1 is 1.40 bits per heavy atom. The molecule has 2 aromatic heterocycles. The van der Waals surface area contributed by atoms with E-state index in [0.29, 0.717) is 17.2 Å². The summed E-state index contributed by atoms with van der Waals surface area (Å²) < 4.78 is 7.00. The van der Waals surface area contributed by atoms with Gasteiger partial charge in [-0.2, -0.15) is 5.10 Å². The minimum absolute atomic E-state index is 0.0576. The van der Waals surface area contributed by atoms with Crippen molar-refractivity contribution >= 4 is 28.6 Å². The van der Waals surface area contributed by atoms with Crippen LogP contribution in [0, 0.1) is 6.92 Å². The highest BCUT2D eigenvalue weighted by atomic mass is 16.3. The summed E-state index contributed by atoms with van der Waals surface area (Å²) in [5.41, 5.74) is 1.93. The molecular formula is C17H19N5O3. The van der Waals surface area contributed by atoms with Crippen LogP contribution in [0.5, 0.6) is 0 Å². The third kappa shape index (κ3) is 3.68. The summed E-state index contributed by atoms with van der Waals surface area (Å²) >= 11 is 0. The van der Waals surface area contributed by atoms with Gasteiger partial charge >= 0.3 is 0 Å². The fourth-order valence-corrected chi connectivity index (χ4v) is 2.55. The van der Waals surface area contributed by atoms with Crippen molar-refractivity contribution in [1.29, 1.82) is 0 Å². The molecule has 2 heterocycles. The first-order valence-electron chi connectivity index (χ1n) is 7.85. The number of hydrogen-bond donors (Lipinski definition) is 1. The molecule has 1 aromatic carbocycles. The number of rotatable bonds is 5. The van der Waals surface area contributed by atoms with Gasteiger partial charge in [-0.1, -0.05) is 0 Å². The third-order valence-electron chi connectivity index (χ3n) is 3.82. The molecule has 2 amide bonds. The molecule has 0 radical (unpaired) electrons. The van der Waals surface area contributed by atoms with Gasteiger partial charge in [0.05, 0.1) is 6.54 Å². The van der Waals surface area contributed by atoms with Crippen LogP contribution in [0.1, 0.15) is 18.9 Å². The molecule has 0 bridgehead atoms. The second-order valence-electron chi connectivity index (χ2n) is 5.82. The number of aryl methyl sites for hydroxylation is 1. The normalized spacial score (nSPS) is 12.1. The predicted molar refractivity (Wildman–Crippen MR) is 92.0 cm³/mol. The maximum atomic E-state index is 12.4. The first-order chi connectivity index (χ1) is 11.9. The van der Waals surface area contributed by atoms with Crippen LogP contribution in [-0.4, -0.2) is 45.1 Å². The van der Waals surface area contributed by atoms with Crippen molar-refractivity contribution in [3.8, 4) is 0 Å². The summed E-state index contributed by atoms with van der Waals surface area (Å²) in [5, 5.41) is 6.81. The van der Waals surface area contributed by atoms with Crippen molar-refractivity contribution in [2.45, 2.75) is 19.9 Å². The molecule has 8 heteroatoms. The van der Waals surface area contributed by atoms with Crippen LogP contribution in [-0.2, 0) is 9.59 Å². The van der Waals surface area contributed by atoms with Gasteiger partial charge in [0, 0.05) is 38.1 Å². The number of aromatic nitrogens is 3. The number of likely N-dealkylation sites (N-methyl/N-ethyl adjacent to an activating group) is 1. The average molecular weight is 341 g/mol. The first-order valence-corrected chi connectivity index (χ1v) is 7.85. The van der Waals surface area contributed by atoms with Crippen molar-refractivity contribution in [2.24, 2.45) is 0 Å². The van der Waals surface area contributed by atoms with Crippen molar-refractivity contribution < 1.29 is 14.0 Å². The van der Waals surface area contributed by atoms with Crippen molar-refractivity contribution in [3.05, 3.63) is 42.5 Å². The number of nitrogens with one attached hydrogen (secondary N) is 1. The zero-order chi connectivity index (χ0) is 18.0. The Hall–Kier alpha value is -3.16. The van der Waals surface area contributed by atoms with E-state index in [4.69, 9.17) is 4.42 Å². The number of fused-ring (bicyclic) bond motifs is 1. The van der Waals surface area contributed by atoms with Crippen LogP contribution >= 0.6 is 0 Å². The van der Waals surface area contributed by atoms with Gasteiger partial charge in [-0.05, 0) is 25.1 Å². The predicted octanol–water partition coefficient (Wildman–Crippen LogP) is 1.99. The highest BCUT2D eigenvalue weighted by molar-refractivity contribution is 5.96. The van der Waals surface area contributed by atoms with Crippen molar-refractivity contribution in [2.75, 3.05) is 18.9 Å². The molecule has 0 saturated heterocycles. The Morgan fingerprint density at radius 3 is 2.92 bits per heavy atom. The van der Waals surface area contributed by atoms with Crippen LogP contribution in [0.2, 0.25) is 0 Å². The fraction of sp³-hybridized carbons (Fsp3) is 0.294. The lowest BCUT2D eigenvalue weighted by molar-refractivity contribution is -0.136. The van der Waals surface area contributed by atoms with Crippen molar-refractivity contribution in [1.82, 2.24) is 19.7 Å². The molecule has 0 spiro atoms. The lowest BCUT2D eigenvalue weighted by atomic mass is 10.2. The molecule has 3 rings (SSSR count). The van der Waals surface area contributed by atoms with E-state index in [2.05, 4.69) is 15.4 Å². The van der Waals surface area contributed by atoms with Gasteiger partial charge in [0.25, 0.3) is 0 Å². The Balaban J connectivity index is 1.61. The van der Waals surface area contributed by atoms with Crippen LogP contribution in [0.15, 0.2) is 41.1 Å². The first kappa shape index (κ1) is 16.7. The highest BCUT2D eigenvalue weighted by Crippen LogP contribution is 2.19. The maximum Gasteiger partial charge on any atom is 0.247 e. The molecule has 1 N–H and O–H groups in total.